The molecule has 0 atom stereocenters. The molecule has 1 aliphatic rings. The summed E-state index contributed by atoms with van der Waals surface area (Å²) in [5.41, 5.74) is 2.15. The molecule has 18 heavy (non-hydrogen) atoms. The van der Waals surface area contributed by atoms with Crippen molar-refractivity contribution in [2.45, 2.75) is 31.8 Å². The molecule has 0 spiro atoms. The summed E-state index contributed by atoms with van der Waals surface area (Å²) >= 11 is 0. The zero-order chi connectivity index (χ0) is 12.2. The van der Waals surface area contributed by atoms with Gasteiger partial charge in [0.2, 0.25) is 0 Å². The third-order valence-electron chi connectivity index (χ3n) is 3.00. The van der Waals surface area contributed by atoms with E-state index in [1.165, 1.54) is 12.8 Å². The topological polar surface area (TPSA) is 50.7 Å². The average molecular weight is 240 g/mol. The quantitative estimate of drug-likeness (QED) is 0.864. The third-order valence-corrected chi connectivity index (χ3v) is 3.00. The summed E-state index contributed by atoms with van der Waals surface area (Å²) in [5, 5.41) is 3.45. The molecule has 1 saturated carbocycles. The van der Waals surface area contributed by atoms with Gasteiger partial charge < -0.3 is 5.32 Å². The molecule has 1 aliphatic carbocycles. The predicted molar refractivity (Wildman–Crippen MR) is 68.9 cm³/mol. The fourth-order valence-electron chi connectivity index (χ4n) is 1.78. The van der Waals surface area contributed by atoms with Crippen molar-refractivity contribution in [1.29, 1.82) is 0 Å². The van der Waals surface area contributed by atoms with E-state index >= 15 is 0 Å². The van der Waals surface area contributed by atoms with E-state index < -0.39 is 0 Å². The molecule has 0 saturated heterocycles. The first-order chi connectivity index (χ1) is 8.90. The van der Waals surface area contributed by atoms with Crippen LogP contribution in [0.2, 0.25) is 0 Å². The normalized spacial score (nSPS) is 14.7. The Labute approximate surface area is 107 Å². The highest BCUT2D eigenvalue weighted by molar-refractivity contribution is 5.12. The van der Waals surface area contributed by atoms with E-state index in [1.54, 1.807) is 6.20 Å². The molecular weight excluding hydrogens is 224 g/mol. The number of nitrogens with zero attached hydrogens (tertiary/aromatic N) is 3. The predicted octanol–water partition coefficient (Wildman–Crippen LogP) is 1.71. The van der Waals surface area contributed by atoms with E-state index in [4.69, 9.17) is 0 Å². The lowest BCUT2D eigenvalue weighted by Gasteiger charge is -2.03. The minimum absolute atomic E-state index is 0.692. The van der Waals surface area contributed by atoms with Crippen LogP contribution in [0.3, 0.4) is 0 Å². The van der Waals surface area contributed by atoms with Crippen LogP contribution in [0.15, 0.2) is 36.8 Å². The van der Waals surface area contributed by atoms with Gasteiger partial charge in [0.25, 0.3) is 0 Å². The maximum atomic E-state index is 4.38. The van der Waals surface area contributed by atoms with Crippen LogP contribution in [-0.4, -0.2) is 21.0 Å². The monoisotopic (exact) mass is 240 g/mol. The minimum atomic E-state index is 0.692. The van der Waals surface area contributed by atoms with Gasteiger partial charge >= 0.3 is 0 Å². The largest absolute Gasteiger partial charge is 0.310 e. The lowest BCUT2D eigenvalue weighted by Crippen LogP contribution is -2.15. The molecular formula is C14H16N4. The fraction of sp³-hybridized carbons (Fsp3) is 0.357. The van der Waals surface area contributed by atoms with E-state index in [-0.39, 0.29) is 0 Å². The second kappa shape index (κ2) is 5.23. The molecule has 0 bridgehead atoms. The SMILES string of the molecule is c1ccc(Cc2ncc(CNC3CC3)cn2)nc1. The Morgan fingerprint density at radius 3 is 2.61 bits per heavy atom. The van der Waals surface area contributed by atoms with E-state index in [2.05, 4.69) is 20.3 Å². The number of nitrogens with one attached hydrogen (secondary N) is 1. The highest BCUT2D eigenvalue weighted by Gasteiger charge is 2.19. The van der Waals surface area contributed by atoms with Crippen LogP contribution in [-0.2, 0) is 13.0 Å². The van der Waals surface area contributed by atoms with Crippen LogP contribution in [0.5, 0.6) is 0 Å². The van der Waals surface area contributed by atoms with Crippen LogP contribution in [0.4, 0.5) is 0 Å². The van der Waals surface area contributed by atoms with Crippen LogP contribution in [0, 0.1) is 0 Å². The lowest BCUT2D eigenvalue weighted by molar-refractivity contribution is 0.681. The maximum absolute atomic E-state index is 4.38. The summed E-state index contributed by atoms with van der Waals surface area (Å²) in [7, 11) is 0. The van der Waals surface area contributed by atoms with Crippen LogP contribution in [0.1, 0.15) is 29.9 Å². The van der Waals surface area contributed by atoms with Gasteiger partial charge in [-0.1, -0.05) is 6.07 Å². The van der Waals surface area contributed by atoms with E-state index in [0.717, 1.165) is 29.7 Å². The number of hydrogen-bond acceptors (Lipinski definition) is 4. The number of aromatic nitrogens is 3. The molecule has 92 valence electrons. The molecule has 2 heterocycles. The fourth-order valence-corrected chi connectivity index (χ4v) is 1.78. The molecule has 2 aromatic rings. The molecule has 3 rings (SSSR count). The van der Waals surface area contributed by atoms with E-state index in [9.17, 15) is 0 Å². The van der Waals surface area contributed by atoms with Crippen LogP contribution >= 0.6 is 0 Å². The van der Waals surface area contributed by atoms with Crippen molar-refractivity contribution in [2.24, 2.45) is 0 Å². The van der Waals surface area contributed by atoms with Gasteiger partial charge in [-0.05, 0) is 25.0 Å². The van der Waals surface area contributed by atoms with Crippen LogP contribution < -0.4 is 5.32 Å². The average Bonchev–Trinajstić information content (AvgIpc) is 3.23. The molecule has 0 radical (unpaired) electrons. The second-order valence-corrected chi connectivity index (χ2v) is 4.66. The minimum Gasteiger partial charge on any atom is -0.310 e. The zero-order valence-electron chi connectivity index (χ0n) is 10.2. The Kier molecular flexibility index (Phi) is 3.28. The Morgan fingerprint density at radius 1 is 1.11 bits per heavy atom. The second-order valence-electron chi connectivity index (χ2n) is 4.66. The summed E-state index contributed by atoms with van der Waals surface area (Å²) in [5.74, 6) is 0.823. The van der Waals surface area contributed by atoms with Gasteiger partial charge in [-0.3, -0.25) is 4.98 Å². The van der Waals surface area contributed by atoms with E-state index in [0.29, 0.717) is 6.42 Å². The molecule has 1 fully saturated rings. The van der Waals surface area contributed by atoms with Gasteiger partial charge in [0.1, 0.15) is 5.82 Å². The summed E-state index contributed by atoms with van der Waals surface area (Å²) in [6, 6.07) is 6.61. The third kappa shape index (κ3) is 3.11. The Bertz CT molecular complexity index is 491. The van der Waals surface area contributed by atoms with Gasteiger partial charge in [-0.2, -0.15) is 0 Å². The summed E-state index contributed by atoms with van der Waals surface area (Å²) < 4.78 is 0. The lowest BCUT2D eigenvalue weighted by atomic mass is 10.2. The summed E-state index contributed by atoms with van der Waals surface area (Å²) in [4.78, 5) is 13.0. The van der Waals surface area contributed by atoms with E-state index in [1.807, 2.05) is 30.6 Å². The van der Waals surface area contributed by atoms with Gasteiger partial charge in [0, 0.05) is 48.9 Å². The first-order valence-corrected chi connectivity index (χ1v) is 6.33. The Balaban J connectivity index is 1.59. The molecule has 1 N–H and O–H groups in total. The van der Waals surface area contributed by atoms with Crippen molar-refractivity contribution >= 4 is 0 Å². The van der Waals surface area contributed by atoms with Crippen molar-refractivity contribution in [1.82, 2.24) is 20.3 Å². The number of rotatable bonds is 5. The van der Waals surface area contributed by atoms with Crippen molar-refractivity contribution in [3.63, 3.8) is 0 Å². The van der Waals surface area contributed by atoms with Gasteiger partial charge in [0.15, 0.2) is 0 Å². The zero-order valence-corrected chi connectivity index (χ0v) is 10.2. The highest BCUT2D eigenvalue weighted by Crippen LogP contribution is 2.19. The van der Waals surface area contributed by atoms with Gasteiger partial charge in [0.05, 0.1) is 0 Å². The van der Waals surface area contributed by atoms with Crippen molar-refractivity contribution in [3.8, 4) is 0 Å². The van der Waals surface area contributed by atoms with Crippen molar-refractivity contribution < 1.29 is 0 Å². The molecule has 0 amide bonds. The molecule has 0 unspecified atom stereocenters. The first-order valence-electron chi connectivity index (χ1n) is 6.33. The Hall–Kier alpha value is -1.81. The van der Waals surface area contributed by atoms with Crippen molar-refractivity contribution in [2.75, 3.05) is 0 Å². The van der Waals surface area contributed by atoms with Gasteiger partial charge in [-0.15, -0.1) is 0 Å². The number of hydrogen-bond donors (Lipinski definition) is 1. The molecule has 2 aromatic heterocycles. The number of pyridine rings is 1. The molecule has 0 aromatic carbocycles. The molecule has 4 nitrogen and oxygen atoms in total. The summed E-state index contributed by atoms with van der Waals surface area (Å²) in [6.45, 7) is 0.870. The highest BCUT2D eigenvalue weighted by atomic mass is 15.0. The van der Waals surface area contributed by atoms with Crippen LogP contribution in [0.25, 0.3) is 0 Å². The molecule has 0 aliphatic heterocycles. The smallest absolute Gasteiger partial charge is 0.134 e. The summed E-state index contributed by atoms with van der Waals surface area (Å²) in [6.07, 6.45) is 8.90. The first kappa shape index (κ1) is 11.3. The van der Waals surface area contributed by atoms with Crippen molar-refractivity contribution in [3.05, 3.63) is 53.9 Å². The Morgan fingerprint density at radius 2 is 1.94 bits per heavy atom. The standard InChI is InChI=1S/C14H16N4/c1-2-6-15-13(3-1)7-14-17-9-11(10-18-14)8-16-12-4-5-12/h1-3,6,9-10,12,16H,4-5,7-8H2. The van der Waals surface area contributed by atoms with Gasteiger partial charge in [-0.25, -0.2) is 9.97 Å². The molecule has 4 heteroatoms. The maximum Gasteiger partial charge on any atom is 0.134 e.